The van der Waals surface area contributed by atoms with Crippen molar-refractivity contribution in [3.63, 3.8) is 0 Å². The van der Waals surface area contributed by atoms with E-state index in [9.17, 15) is 9.59 Å². The summed E-state index contributed by atoms with van der Waals surface area (Å²) in [4.78, 5) is 30.3. The fraction of sp³-hybridized carbons (Fsp3) is 0.143. The average Bonchev–Trinajstić information content (AvgIpc) is 2.41. The average molecular weight is 271 g/mol. The van der Waals surface area contributed by atoms with Gasteiger partial charge in [-0.15, -0.1) is 0 Å². The second kappa shape index (κ2) is 5.92. The molecule has 2 aromatic rings. The molecule has 1 amide bonds. The number of benzene rings is 1. The summed E-state index contributed by atoms with van der Waals surface area (Å²) >= 11 is 0. The quantitative estimate of drug-likeness (QED) is 0.882. The number of amides is 1. The molecule has 0 radical (unpaired) electrons. The minimum Gasteiger partial charge on any atom is -0.476 e. The Kier molecular flexibility index (Phi) is 4.05. The van der Waals surface area contributed by atoms with Gasteiger partial charge >= 0.3 is 5.97 Å². The third-order valence-corrected chi connectivity index (χ3v) is 2.64. The number of nitrogens with zero attached hydrogens (tertiary/aromatic N) is 2. The largest absolute Gasteiger partial charge is 0.476 e. The molecular weight excluding hydrogens is 258 g/mol. The van der Waals surface area contributed by atoms with Crippen LogP contribution in [-0.2, 0) is 11.2 Å². The molecule has 0 bridgehead atoms. The lowest BCUT2D eigenvalue weighted by molar-refractivity contribution is -0.115. The molecule has 0 spiro atoms. The van der Waals surface area contributed by atoms with Crippen molar-refractivity contribution in [1.29, 1.82) is 0 Å². The van der Waals surface area contributed by atoms with E-state index < -0.39 is 5.97 Å². The zero-order valence-electron chi connectivity index (χ0n) is 10.8. The van der Waals surface area contributed by atoms with Gasteiger partial charge in [0, 0.05) is 12.4 Å². The highest BCUT2D eigenvalue weighted by molar-refractivity contribution is 5.98. The van der Waals surface area contributed by atoms with Crippen LogP contribution in [0.25, 0.3) is 0 Å². The van der Waals surface area contributed by atoms with Crippen LogP contribution in [0.2, 0.25) is 0 Å². The van der Waals surface area contributed by atoms with Gasteiger partial charge in [0.15, 0.2) is 11.5 Å². The van der Waals surface area contributed by atoms with E-state index in [1.54, 1.807) is 0 Å². The van der Waals surface area contributed by atoms with Gasteiger partial charge in [0.25, 0.3) is 0 Å². The predicted molar refractivity (Wildman–Crippen MR) is 72.5 cm³/mol. The number of anilines is 1. The van der Waals surface area contributed by atoms with Crippen molar-refractivity contribution < 1.29 is 14.7 Å². The Balaban J connectivity index is 2.08. The van der Waals surface area contributed by atoms with Crippen LogP contribution in [0.15, 0.2) is 36.7 Å². The van der Waals surface area contributed by atoms with Gasteiger partial charge in [0.05, 0.1) is 6.42 Å². The van der Waals surface area contributed by atoms with Crippen LogP contribution in [0.5, 0.6) is 0 Å². The lowest BCUT2D eigenvalue weighted by atomic mass is 10.1. The predicted octanol–water partition coefficient (Wildman–Crippen LogP) is 1.66. The zero-order chi connectivity index (χ0) is 14.5. The van der Waals surface area contributed by atoms with E-state index in [4.69, 9.17) is 5.11 Å². The fourth-order valence-corrected chi connectivity index (χ4v) is 1.65. The molecule has 0 fully saturated rings. The minimum atomic E-state index is -1.23. The highest BCUT2D eigenvalue weighted by Crippen LogP contribution is 2.10. The van der Waals surface area contributed by atoms with E-state index in [1.165, 1.54) is 12.4 Å². The van der Waals surface area contributed by atoms with Gasteiger partial charge in [-0.05, 0) is 12.5 Å². The Morgan fingerprint density at radius 2 is 1.80 bits per heavy atom. The zero-order valence-corrected chi connectivity index (χ0v) is 10.8. The number of hydrogen-bond donors (Lipinski definition) is 2. The van der Waals surface area contributed by atoms with Crippen molar-refractivity contribution in [1.82, 2.24) is 9.97 Å². The molecule has 0 atom stereocenters. The van der Waals surface area contributed by atoms with Crippen molar-refractivity contribution >= 4 is 17.7 Å². The summed E-state index contributed by atoms with van der Waals surface area (Å²) < 4.78 is 0. The molecule has 0 aliphatic rings. The van der Waals surface area contributed by atoms with Gasteiger partial charge in [-0.2, -0.15) is 0 Å². The molecule has 6 nitrogen and oxygen atoms in total. The summed E-state index contributed by atoms with van der Waals surface area (Å²) in [5.74, 6) is -1.61. The molecule has 1 heterocycles. The first-order chi connectivity index (χ1) is 9.56. The highest BCUT2D eigenvalue weighted by Gasteiger charge is 2.15. The molecule has 0 saturated carbocycles. The van der Waals surface area contributed by atoms with Gasteiger partial charge in [-0.1, -0.05) is 29.8 Å². The van der Waals surface area contributed by atoms with Crippen molar-refractivity contribution in [2.45, 2.75) is 13.3 Å². The molecule has 1 aromatic heterocycles. The van der Waals surface area contributed by atoms with Crippen molar-refractivity contribution in [2.24, 2.45) is 0 Å². The molecule has 102 valence electrons. The summed E-state index contributed by atoms with van der Waals surface area (Å²) in [6.45, 7) is 1.96. The summed E-state index contributed by atoms with van der Waals surface area (Å²) in [5.41, 5.74) is 1.68. The van der Waals surface area contributed by atoms with E-state index in [0.29, 0.717) is 0 Å². The lowest BCUT2D eigenvalue weighted by Crippen LogP contribution is -2.18. The number of rotatable bonds is 4. The van der Waals surface area contributed by atoms with E-state index in [-0.39, 0.29) is 23.8 Å². The number of nitrogens with one attached hydrogen (secondary N) is 1. The van der Waals surface area contributed by atoms with Crippen LogP contribution in [0.3, 0.4) is 0 Å². The molecular formula is C14H13N3O3. The Bertz CT molecular complexity index is 638. The summed E-state index contributed by atoms with van der Waals surface area (Å²) in [5, 5.41) is 11.4. The normalized spacial score (nSPS) is 10.1. The van der Waals surface area contributed by atoms with E-state index in [1.807, 2.05) is 31.2 Å². The van der Waals surface area contributed by atoms with Crippen molar-refractivity contribution in [3.8, 4) is 0 Å². The molecule has 0 saturated heterocycles. The molecule has 0 aliphatic heterocycles. The van der Waals surface area contributed by atoms with E-state index in [2.05, 4.69) is 15.3 Å². The van der Waals surface area contributed by atoms with Crippen LogP contribution < -0.4 is 5.32 Å². The second-order valence-corrected chi connectivity index (χ2v) is 4.27. The topological polar surface area (TPSA) is 92.2 Å². The fourth-order valence-electron chi connectivity index (χ4n) is 1.65. The maximum Gasteiger partial charge on any atom is 0.358 e. The molecule has 2 rings (SSSR count). The highest BCUT2D eigenvalue weighted by atomic mass is 16.4. The van der Waals surface area contributed by atoms with E-state index in [0.717, 1.165) is 11.1 Å². The number of carboxylic acids is 1. The Morgan fingerprint density at radius 3 is 2.45 bits per heavy atom. The van der Waals surface area contributed by atoms with Crippen LogP contribution in [-0.4, -0.2) is 27.0 Å². The van der Waals surface area contributed by atoms with Gasteiger partial charge in [-0.25, -0.2) is 14.8 Å². The maximum atomic E-state index is 11.9. The standard InChI is InChI=1S/C14H13N3O3/c1-9-2-4-10(5-3-9)8-11(18)17-13-12(14(19)20)15-6-7-16-13/h2-7H,8H2,1H3,(H,19,20)(H,16,17,18). The van der Waals surface area contributed by atoms with Gasteiger partial charge in [0.2, 0.25) is 5.91 Å². The second-order valence-electron chi connectivity index (χ2n) is 4.27. The number of hydrogen-bond acceptors (Lipinski definition) is 4. The number of aryl methyl sites for hydroxylation is 1. The Morgan fingerprint density at radius 1 is 1.15 bits per heavy atom. The van der Waals surface area contributed by atoms with Crippen molar-refractivity contribution in [2.75, 3.05) is 5.32 Å². The minimum absolute atomic E-state index is 0.0443. The number of carbonyl (C=O) groups is 2. The third kappa shape index (κ3) is 3.38. The number of aromatic nitrogens is 2. The third-order valence-electron chi connectivity index (χ3n) is 2.64. The summed E-state index contributed by atoms with van der Waals surface area (Å²) in [7, 11) is 0. The maximum absolute atomic E-state index is 11.9. The van der Waals surface area contributed by atoms with Gasteiger partial charge in [-0.3, -0.25) is 4.79 Å². The SMILES string of the molecule is Cc1ccc(CC(=O)Nc2nccnc2C(=O)O)cc1. The molecule has 20 heavy (non-hydrogen) atoms. The molecule has 0 aliphatic carbocycles. The van der Waals surface area contributed by atoms with Crippen LogP contribution in [0.1, 0.15) is 21.6 Å². The molecule has 1 aromatic carbocycles. The van der Waals surface area contributed by atoms with Crippen LogP contribution in [0, 0.1) is 6.92 Å². The first kappa shape index (κ1) is 13.7. The molecule has 6 heteroatoms. The Labute approximate surface area is 115 Å². The number of carboxylic acid groups (broad SMARTS) is 1. The summed E-state index contributed by atoms with van der Waals surface area (Å²) in [6.07, 6.45) is 2.74. The lowest BCUT2D eigenvalue weighted by Gasteiger charge is -2.06. The van der Waals surface area contributed by atoms with Crippen LogP contribution in [0.4, 0.5) is 5.82 Å². The number of aromatic carboxylic acids is 1. The summed E-state index contributed by atoms with van der Waals surface area (Å²) in [6, 6.07) is 7.52. The van der Waals surface area contributed by atoms with Gasteiger partial charge < -0.3 is 10.4 Å². The first-order valence-corrected chi connectivity index (χ1v) is 5.96. The smallest absolute Gasteiger partial charge is 0.358 e. The monoisotopic (exact) mass is 271 g/mol. The van der Waals surface area contributed by atoms with Gasteiger partial charge in [0.1, 0.15) is 0 Å². The first-order valence-electron chi connectivity index (χ1n) is 5.96. The van der Waals surface area contributed by atoms with E-state index >= 15 is 0 Å². The molecule has 2 N–H and O–H groups in total. The molecule has 0 unspecified atom stereocenters. The van der Waals surface area contributed by atoms with Crippen molar-refractivity contribution in [3.05, 3.63) is 53.5 Å². The Hall–Kier alpha value is -2.76. The van der Waals surface area contributed by atoms with Crippen LogP contribution >= 0.6 is 0 Å². The number of carbonyl (C=O) groups excluding carboxylic acids is 1.